The Morgan fingerprint density at radius 3 is 2.10 bits per heavy atom. The van der Waals surface area contributed by atoms with Crippen LogP contribution in [0.15, 0.2) is 12.1 Å². The first-order valence-corrected chi connectivity index (χ1v) is 10.1. The minimum Gasteiger partial charge on any atom is -0.490 e. The Balaban J connectivity index is 2.10. The molecule has 29 heavy (non-hydrogen) atoms. The number of ether oxygens (including phenoxy) is 3. The zero-order valence-corrected chi connectivity index (χ0v) is 17.3. The van der Waals surface area contributed by atoms with E-state index in [1.807, 2.05) is 26.8 Å². The van der Waals surface area contributed by atoms with Gasteiger partial charge in [0.05, 0.1) is 25.9 Å². The SMILES string of the molecule is CCOc1cc(C(=O)NC2CCN(C(=O)CC#N)CC2)cc(OCC)c1OCC. The molecule has 1 aliphatic rings. The Labute approximate surface area is 171 Å². The first-order valence-electron chi connectivity index (χ1n) is 10.1. The van der Waals surface area contributed by atoms with Gasteiger partial charge in [0.1, 0.15) is 6.42 Å². The predicted octanol–water partition coefficient (Wildman–Crippen LogP) is 2.52. The molecule has 0 unspecified atom stereocenters. The average Bonchev–Trinajstić information content (AvgIpc) is 2.71. The van der Waals surface area contributed by atoms with Crippen LogP contribution in [0.2, 0.25) is 0 Å². The molecule has 1 aliphatic heterocycles. The number of nitriles is 1. The average molecular weight is 403 g/mol. The smallest absolute Gasteiger partial charge is 0.251 e. The molecule has 8 heteroatoms. The number of carbonyl (C=O) groups excluding carboxylic acids is 2. The van der Waals surface area contributed by atoms with Crippen LogP contribution in [0.25, 0.3) is 0 Å². The van der Waals surface area contributed by atoms with E-state index < -0.39 is 0 Å². The molecule has 1 saturated heterocycles. The molecule has 0 spiro atoms. The number of hydrogen-bond acceptors (Lipinski definition) is 6. The first-order chi connectivity index (χ1) is 14.0. The minimum absolute atomic E-state index is 0.0358. The van der Waals surface area contributed by atoms with Gasteiger partial charge in [-0.2, -0.15) is 5.26 Å². The highest BCUT2D eigenvalue weighted by molar-refractivity contribution is 5.95. The largest absolute Gasteiger partial charge is 0.490 e. The molecule has 2 amide bonds. The normalized spacial score (nSPS) is 14.1. The Bertz CT molecular complexity index is 724. The molecule has 0 bridgehead atoms. The van der Waals surface area contributed by atoms with Crippen molar-refractivity contribution in [2.75, 3.05) is 32.9 Å². The fraction of sp³-hybridized carbons (Fsp3) is 0.571. The van der Waals surface area contributed by atoms with Crippen LogP contribution in [0.5, 0.6) is 17.2 Å². The van der Waals surface area contributed by atoms with Crippen LogP contribution in [0.1, 0.15) is 50.4 Å². The van der Waals surface area contributed by atoms with Gasteiger partial charge in [0.25, 0.3) is 5.91 Å². The molecule has 158 valence electrons. The first kappa shape index (κ1) is 22.3. The Hall–Kier alpha value is -2.95. The third kappa shape index (κ3) is 6.01. The van der Waals surface area contributed by atoms with Crippen LogP contribution in [0.3, 0.4) is 0 Å². The lowest BCUT2D eigenvalue weighted by atomic mass is 10.0. The highest BCUT2D eigenvalue weighted by Gasteiger charge is 2.25. The summed E-state index contributed by atoms with van der Waals surface area (Å²) in [7, 11) is 0. The van der Waals surface area contributed by atoms with Crippen LogP contribution in [0.4, 0.5) is 0 Å². The number of rotatable bonds is 9. The van der Waals surface area contributed by atoms with Gasteiger partial charge in [-0.05, 0) is 45.7 Å². The van der Waals surface area contributed by atoms with Crippen molar-refractivity contribution in [3.63, 3.8) is 0 Å². The van der Waals surface area contributed by atoms with Crippen molar-refractivity contribution in [3.05, 3.63) is 17.7 Å². The second kappa shape index (κ2) is 11.1. The monoisotopic (exact) mass is 403 g/mol. The Kier molecular flexibility index (Phi) is 8.59. The van der Waals surface area contributed by atoms with Gasteiger partial charge < -0.3 is 24.4 Å². The predicted molar refractivity (Wildman–Crippen MR) is 107 cm³/mol. The summed E-state index contributed by atoms with van der Waals surface area (Å²) >= 11 is 0. The number of nitrogens with one attached hydrogen (secondary N) is 1. The highest BCUT2D eigenvalue weighted by atomic mass is 16.5. The van der Waals surface area contributed by atoms with Crippen LogP contribution < -0.4 is 19.5 Å². The Morgan fingerprint density at radius 2 is 1.62 bits per heavy atom. The molecule has 2 rings (SSSR count). The van der Waals surface area contributed by atoms with E-state index in [0.29, 0.717) is 68.6 Å². The number of amides is 2. The number of hydrogen-bond donors (Lipinski definition) is 1. The molecular weight excluding hydrogens is 374 g/mol. The van der Waals surface area contributed by atoms with E-state index in [1.54, 1.807) is 17.0 Å². The van der Waals surface area contributed by atoms with Gasteiger partial charge >= 0.3 is 0 Å². The molecule has 8 nitrogen and oxygen atoms in total. The van der Waals surface area contributed by atoms with Crippen molar-refractivity contribution in [2.45, 2.75) is 46.1 Å². The van der Waals surface area contributed by atoms with Gasteiger partial charge in [-0.3, -0.25) is 9.59 Å². The molecule has 0 aromatic heterocycles. The van der Waals surface area contributed by atoms with Crippen LogP contribution in [0, 0.1) is 11.3 Å². The molecule has 1 heterocycles. The van der Waals surface area contributed by atoms with Crippen molar-refractivity contribution < 1.29 is 23.8 Å². The zero-order chi connectivity index (χ0) is 21.2. The summed E-state index contributed by atoms with van der Waals surface area (Å²) in [4.78, 5) is 26.3. The number of piperidine rings is 1. The third-order valence-corrected chi connectivity index (χ3v) is 4.58. The summed E-state index contributed by atoms with van der Waals surface area (Å²) in [6.45, 7) is 7.99. The van der Waals surface area contributed by atoms with E-state index in [1.165, 1.54) is 0 Å². The lowest BCUT2D eigenvalue weighted by Crippen LogP contribution is -2.46. The minimum atomic E-state index is -0.225. The summed E-state index contributed by atoms with van der Waals surface area (Å²) in [6, 6.07) is 5.17. The maximum Gasteiger partial charge on any atom is 0.251 e. The standard InChI is InChI=1S/C21H29N3O5/c1-4-27-17-13-15(14-18(28-5-2)20(17)29-6-3)21(26)23-16-8-11-24(12-9-16)19(25)7-10-22/h13-14,16H,4-9,11-12H2,1-3H3,(H,23,26). The summed E-state index contributed by atoms with van der Waals surface area (Å²) in [6.07, 6.45) is 1.19. The van der Waals surface area contributed by atoms with Gasteiger partial charge in [0.15, 0.2) is 11.5 Å². The number of likely N-dealkylation sites (tertiary alicyclic amines) is 1. The number of nitrogens with zero attached hydrogens (tertiary/aromatic N) is 2. The van der Waals surface area contributed by atoms with E-state index >= 15 is 0 Å². The van der Waals surface area contributed by atoms with Crippen molar-refractivity contribution >= 4 is 11.8 Å². The highest BCUT2D eigenvalue weighted by Crippen LogP contribution is 2.39. The fourth-order valence-corrected chi connectivity index (χ4v) is 3.24. The lowest BCUT2D eigenvalue weighted by molar-refractivity contribution is -0.131. The fourth-order valence-electron chi connectivity index (χ4n) is 3.24. The van der Waals surface area contributed by atoms with Crippen LogP contribution in [-0.2, 0) is 4.79 Å². The van der Waals surface area contributed by atoms with Gasteiger partial charge in [-0.25, -0.2) is 0 Å². The molecule has 1 fully saturated rings. The molecule has 0 radical (unpaired) electrons. The second-order valence-electron chi connectivity index (χ2n) is 6.56. The quantitative estimate of drug-likeness (QED) is 0.680. The van der Waals surface area contributed by atoms with Gasteiger partial charge in [0, 0.05) is 24.7 Å². The summed E-state index contributed by atoms with van der Waals surface area (Å²) in [5.74, 6) is 1.06. The van der Waals surface area contributed by atoms with E-state index in [4.69, 9.17) is 19.5 Å². The molecule has 1 aromatic carbocycles. The van der Waals surface area contributed by atoms with E-state index in [2.05, 4.69) is 5.32 Å². The molecular formula is C21H29N3O5. The van der Waals surface area contributed by atoms with Crippen LogP contribution in [-0.4, -0.2) is 55.7 Å². The van der Waals surface area contributed by atoms with Gasteiger partial charge in [-0.1, -0.05) is 0 Å². The topological polar surface area (TPSA) is 101 Å². The summed E-state index contributed by atoms with van der Waals surface area (Å²) in [5.41, 5.74) is 0.434. The van der Waals surface area contributed by atoms with E-state index in [9.17, 15) is 9.59 Å². The maximum absolute atomic E-state index is 12.8. The van der Waals surface area contributed by atoms with Crippen molar-refractivity contribution in [1.82, 2.24) is 10.2 Å². The molecule has 0 aliphatic carbocycles. The number of carbonyl (C=O) groups is 2. The van der Waals surface area contributed by atoms with E-state index in [0.717, 1.165) is 0 Å². The second-order valence-corrected chi connectivity index (χ2v) is 6.56. The van der Waals surface area contributed by atoms with E-state index in [-0.39, 0.29) is 24.3 Å². The zero-order valence-electron chi connectivity index (χ0n) is 17.3. The molecule has 0 saturated carbocycles. The summed E-state index contributed by atoms with van der Waals surface area (Å²) < 4.78 is 17.0. The van der Waals surface area contributed by atoms with Gasteiger partial charge in [-0.15, -0.1) is 0 Å². The van der Waals surface area contributed by atoms with Gasteiger partial charge in [0.2, 0.25) is 11.7 Å². The summed E-state index contributed by atoms with van der Waals surface area (Å²) in [5, 5.41) is 11.7. The van der Waals surface area contributed by atoms with Crippen molar-refractivity contribution in [2.24, 2.45) is 0 Å². The molecule has 0 atom stereocenters. The van der Waals surface area contributed by atoms with Crippen molar-refractivity contribution in [1.29, 1.82) is 5.26 Å². The number of benzene rings is 1. The molecule has 1 N–H and O–H groups in total. The van der Waals surface area contributed by atoms with Crippen LogP contribution >= 0.6 is 0 Å². The third-order valence-electron chi connectivity index (χ3n) is 4.58. The lowest BCUT2D eigenvalue weighted by Gasteiger charge is -2.32. The molecule has 1 aromatic rings. The maximum atomic E-state index is 12.8. The Morgan fingerprint density at radius 1 is 1.07 bits per heavy atom. The van der Waals surface area contributed by atoms with Crippen molar-refractivity contribution in [3.8, 4) is 23.3 Å².